The van der Waals surface area contributed by atoms with Crippen LogP contribution in [0, 0.1) is 11.8 Å². The minimum atomic E-state index is 0.209. The van der Waals surface area contributed by atoms with Crippen LogP contribution in [0.1, 0.15) is 39.5 Å². The lowest BCUT2D eigenvalue weighted by Gasteiger charge is -2.13. The van der Waals surface area contributed by atoms with E-state index in [-0.39, 0.29) is 5.92 Å². The van der Waals surface area contributed by atoms with Gasteiger partial charge in [0.1, 0.15) is 5.78 Å². The Morgan fingerprint density at radius 3 is 2.62 bits per heavy atom. The minimum absolute atomic E-state index is 0.209. The molecular formula is C11H20O2. The summed E-state index contributed by atoms with van der Waals surface area (Å²) in [6, 6.07) is 0. The fourth-order valence-corrected chi connectivity index (χ4v) is 1.82. The summed E-state index contributed by atoms with van der Waals surface area (Å²) < 4.78 is 5.21. The van der Waals surface area contributed by atoms with Crippen molar-refractivity contribution in [1.29, 1.82) is 0 Å². The number of hydrogen-bond acceptors (Lipinski definition) is 2. The highest BCUT2D eigenvalue weighted by Gasteiger charge is 2.24. The lowest BCUT2D eigenvalue weighted by atomic mass is 9.91. The van der Waals surface area contributed by atoms with Gasteiger partial charge in [0.15, 0.2) is 0 Å². The molecule has 0 aromatic carbocycles. The summed E-state index contributed by atoms with van der Waals surface area (Å²) in [6.45, 7) is 5.76. The van der Waals surface area contributed by atoms with Crippen LogP contribution in [0.2, 0.25) is 0 Å². The van der Waals surface area contributed by atoms with Gasteiger partial charge in [0.2, 0.25) is 0 Å². The Labute approximate surface area is 80.7 Å². The molecule has 0 spiro atoms. The summed E-state index contributed by atoms with van der Waals surface area (Å²) in [6.07, 6.45) is 3.95. The number of carbonyl (C=O) groups excluding carboxylic acids is 1. The Balaban J connectivity index is 2.30. The van der Waals surface area contributed by atoms with Crippen molar-refractivity contribution >= 4 is 5.78 Å². The zero-order valence-electron chi connectivity index (χ0n) is 8.71. The van der Waals surface area contributed by atoms with Gasteiger partial charge < -0.3 is 4.74 Å². The highest BCUT2D eigenvalue weighted by Crippen LogP contribution is 2.20. The first-order valence-electron chi connectivity index (χ1n) is 5.38. The highest BCUT2D eigenvalue weighted by atomic mass is 16.5. The van der Waals surface area contributed by atoms with E-state index >= 15 is 0 Å². The van der Waals surface area contributed by atoms with Crippen LogP contribution in [0.5, 0.6) is 0 Å². The van der Waals surface area contributed by atoms with E-state index in [1.54, 1.807) is 0 Å². The van der Waals surface area contributed by atoms with Crippen LogP contribution >= 0.6 is 0 Å². The predicted octanol–water partition coefficient (Wildman–Crippen LogP) is 2.42. The van der Waals surface area contributed by atoms with Gasteiger partial charge in [0.25, 0.3) is 0 Å². The van der Waals surface area contributed by atoms with Gasteiger partial charge in [-0.15, -0.1) is 0 Å². The van der Waals surface area contributed by atoms with Gasteiger partial charge in [0.05, 0.1) is 6.61 Å². The van der Waals surface area contributed by atoms with E-state index in [4.69, 9.17) is 4.74 Å². The van der Waals surface area contributed by atoms with Gasteiger partial charge >= 0.3 is 0 Å². The molecule has 1 fully saturated rings. The van der Waals surface area contributed by atoms with Crippen LogP contribution in [0.15, 0.2) is 0 Å². The third-order valence-electron chi connectivity index (χ3n) is 3.03. The van der Waals surface area contributed by atoms with E-state index in [2.05, 4.69) is 13.8 Å². The molecular weight excluding hydrogens is 164 g/mol. The van der Waals surface area contributed by atoms with Gasteiger partial charge in [-0.2, -0.15) is 0 Å². The molecule has 1 saturated heterocycles. The molecule has 1 aliphatic rings. The standard InChI is InChI=1S/C11H20O2/c1-3-9(4-2)7-11(12)10-5-6-13-8-10/h9-10H,3-8H2,1-2H3. The first-order chi connectivity index (χ1) is 6.27. The molecule has 1 heterocycles. The highest BCUT2D eigenvalue weighted by molar-refractivity contribution is 5.81. The maximum absolute atomic E-state index is 11.7. The van der Waals surface area contributed by atoms with E-state index in [1.165, 1.54) is 0 Å². The molecule has 1 atom stereocenters. The van der Waals surface area contributed by atoms with Gasteiger partial charge in [-0.25, -0.2) is 0 Å². The molecule has 0 aromatic rings. The third-order valence-corrected chi connectivity index (χ3v) is 3.03. The molecule has 0 amide bonds. The normalized spacial score (nSPS) is 22.5. The third kappa shape index (κ3) is 3.11. The number of ketones is 1. The van der Waals surface area contributed by atoms with Gasteiger partial charge in [-0.3, -0.25) is 4.79 Å². The number of hydrogen-bond donors (Lipinski definition) is 0. The van der Waals surface area contributed by atoms with E-state index in [0.29, 0.717) is 18.3 Å². The molecule has 0 bridgehead atoms. The quantitative estimate of drug-likeness (QED) is 0.656. The molecule has 1 unspecified atom stereocenters. The van der Waals surface area contributed by atoms with Crippen molar-refractivity contribution in [3.8, 4) is 0 Å². The fraction of sp³-hybridized carbons (Fsp3) is 0.909. The van der Waals surface area contributed by atoms with Crippen molar-refractivity contribution in [2.24, 2.45) is 11.8 Å². The zero-order chi connectivity index (χ0) is 9.68. The van der Waals surface area contributed by atoms with Crippen LogP contribution < -0.4 is 0 Å². The first kappa shape index (κ1) is 10.7. The molecule has 0 N–H and O–H groups in total. The van der Waals surface area contributed by atoms with Crippen LogP contribution in [-0.4, -0.2) is 19.0 Å². The van der Waals surface area contributed by atoms with Gasteiger partial charge in [-0.1, -0.05) is 26.7 Å². The minimum Gasteiger partial charge on any atom is -0.381 e. The van der Waals surface area contributed by atoms with Crippen molar-refractivity contribution < 1.29 is 9.53 Å². The Morgan fingerprint density at radius 1 is 1.46 bits per heavy atom. The second-order valence-corrected chi connectivity index (χ2v) is 3.91. The number of Topliss-reactive ketones (excluding diaryl/α,β-unsaturated/α-hetero) is 1. The van der Waals surface area contributed by atoms with Crippen LogP contribution in [0.3, 0.4) is 0 Å². The maximum Gasteiger partial charge on any atom is 0.138 e. The average molecular weight is 184 g/mol. The molecule has 2 nitrogen and oxygen atoms in total. The molecule has 76 valence electrons. The monoisotopic (exact) mass is 184 g/mol. The molecule has 0 radical (unpaired) electrons. The van der Waals surface area contributed by atoms with Crippen molar-refractivity contribution in [2.45, 2.75) is 39.5 Å². The second kappa shape index (κ2) is 5.38. The van der Waals surface area contributed by atoms with Crippen LogP contribution in [-0.2, 0) is 9.53 Å². The Bertz CT molecular complexity index is 155. The van der Waals surface area contributed by atoms with Gasteiger partial charge in [0, 0.05) is 18.9 Å². The number of carbonyl (C=O) groups is 1. The molecule has 2 heteroatoms. The fourth-order valence-electron chi connectivity index (χ4n) is 1.82. The maximum atomic E-state index is 11.7. The van der Waals surface area contributed by atoms with Crippen molar-refractivity contribution in [1.82, 2.24) is 0 Å². The van der Waals surface area contributed by atoms with Crippen molar-refractivity contribution in [2.75, 3.05) is 13.2 Å². The van der Waals surface area contributed by atoms with E-state index in [9.17, 15) is 4.79 Å². The molecule has 0 aromatic heterocycles. The Hall–Kier alpha value is -0.370. The van der Waals surface area contributed by atoms with Crippen molar-refractivity contribution in [3.63, 3.8) is 0 Å². The van der Waals surface area contributed by atoms with Gasteiger partial charge in [-0.05, 0) is 12.3 Å². The summed E-state index contributed by atoms with van der Waals surface area (Å²) in [4.78, 5) is 11.7. The average Bonchev–Trinajstić information content (AvgIpc) is 2.66. The first-order valence-corrected chi connectivity index (χ1v) is 5.38. The van der Waals surface area contributed by atoms with E-state index < -0.39 is 0 Å². The molecule has 1 aliphatic heterocycles. The summed E-state index contributed by atoms with van der Waals surface area (Å²) in [7, 11) is 0. The summed E-state index contributed by atoms with van der Waals surface area (Å²) in [5.41, 5.74) is 0. The van der Waals surface area contributed by atoms with E-state index in [1.807, 2.05) is 0 Å². The molecule has 13 heavy (non-hydrogen) atoms. The summed E-state index contributed by atoms with van der Waals surface area (Å²) in [5.74, 6) is 1.22. The lowest BCUT2D eigenvalue weighted by Crippen LogP contribution is -2.17. The smallest absolute Gasteiger partial charge is 0.138 e. The number of ether oxygens (including phenoxy) is 1. The lowest BCUT2D eigenvalue weighted by molar-refractivity contribution is -0.123. The molecule has 0 aliphatic carbocycles. The second-order valence-electron chi connectivity index (χ2n) is 3.91. The zero-order valence-corrected chi connectivity index (χ0v) is 8.71. The van der Waals surface area contributed by atoms with Crippen LogP contribution in [0.25, 0.3) is 0 Å². The Morgan fingerprint density at radius 2 is 2.15 bits per heavy atom. The molecule has 1 rings (SSSR count). The largest absolute Gasteiger partial charge is 0.381 e. The SMILES string of the molecule is CCC(CC)CC(=O)C1CCOC1. The van der Waals surface area contributed by atoms with Crippen molar-refractivity contribution in [3.05, 3.63) is 0 Å². The number of rotatable bonds is 5. The predicted molar refractivity (Wildman–Crippen MR) is 52.6 cm³/mol. The summed E-state index contributed by atoms with van der Waals surface area (Å²) >= 11 is 0. The Kier molecular flexibility index (Phi) is 4.43. The summed E-state index contributed by atoms with van der Waals surface area (Å²) in [5, 5.41) is 0. The molecule has 0 saturated carbocycles. The van der Waals surface area contributed by atoms with E-state index in [0.717, 1.165) is 32.3 Å². The van der Waals surface area contributed by atoms with Crippen LogP contribution in [0.4, 0.5) is 0 Å². The topological polar surface area (TPSA) is 26.3 Å².